The molecule has 0 atom stereocenters. The Morgan fingerprint density at radius 2 is 1.82 bits per heavy atom. The number of amides is 2. The second-order valence-corrected chi connectivity index (χ2v) is 12.0. The van der Waals surface area contributed by atoms with Crippen molar-refractivity contribution >= 4 is 40.4 Å². The van der Waals surface area contributed by atoms with Crippen molar-refractivity contribution in [2.45, 2.75) is 13.1 Å². The van der Waals surface area contributed by atoms with Gasteiger partial charge in [0, 0.05) is 53.6 Å². The third kappa shape index (κ3) is 6.70. The maximum absolute atomic E-state index is 14.0. The number of nitrogens with zero attached hydrogens (tertiary/aromatic N) is 5. The standard InChI is InChI=1S/C33H30ClN5O5S/c1-42-27-10-5-23(28(16-27)43-2)18-37(33(41)29-11-12-30(34)45-29)19-24-20-39(36-32(24)22-4-3-13-35-17-22)26-8-6-25(7-9-26)38-14-15-44-21-31(38)40/h3-13,16-17,20H,14-15,18-19,21H2,1-2H3. The van der Waals surface area contributed by atoms with E-state index < -0.39 is 0 Å². The van der Waals surface area contributed by atoms with E-state index in [0.717, 1.165) is 28.1 Å². The van der Waals surface area contributed by atoms with Crippen molar-refractivity contribution in [1.29, 1.82) is 0 Å². The van der Waals surface area contributed by atoms with Gasteiger partial charge in [-0.05, 0) is 60.7 Å². The lowest BCUT2D eigenvalue weighted by molar-refractivity contribution is -0.125. The SMILES string of the molecule is COc1ccc(CN(Cc2cn(-c3ccc(N4CCOCC4=O)cc3)nc2-c2cccnc2)C(=O)c2ccc(Cl)s2)c(OC)c1. The predicted molar refractivity (Wildman–Crippen MR) is 172 cm³/mol. The van der Waals surface area contributed by atoms with Gasteiger partial charge < -0.3 is 24.0 Å². The summed E-state index contributed by atoms with van der Waals surface area (Å²) in [4.78, 5) is 34.6. The van der Waals surface area contributed by atoms with E-state index in [1.807, 2.05) is 54.7 Å². The molecule has 12 heteroatoms. The zero-order chi connectivity index (χ0) is 31.3. The van der Waals surface area contributed by atoms with Gasteiger partial charge in [0.1, 0.15) is 18.1 Å². The highest BCUT2D eigenvalue weighted by molar-refractivity contribution is 7.17. The Labute approximate surface area is 269 Å². The Kier molecular flexibility index (Phi) is 9.11. The number of pyridine rings is 1. The van der Waals surface area contributed by atoms with Crippen molar-refractivity contribution < 1.29 is 23.8 Å². The summed E-state index contributed by atoms with van der Waals surface area (Å²) in [5, 5.41) is 4.94. The van der Waals surface area contributed by atoms with E-state index in [4.69, 9.17) is 30.9 Å². The number of carbonyl (C=O) groups is 2. The van der Waals surface area contributed by atoms with Crippen LogP contribution in [-0.2, 0) is 22.6 Å². The minimum absolute atomic E-state index is 0.0699. The van der Waals surface area contributed by atoms with Crippen LogP contribution in [0.4, 0.5) is 5.69 Å². The molecule has 1 saturated heterocycles. The van der Waals surface area contributed by atoms with Crippen LogP contribution in [0.1, 0.15) is 20.8 Å². The number of methoxy groups -OCH3 is 2. The summed E-state index contributed by atoms with van der Waals surface area (Å²) in [6.45, 7) is 1.59. The molecule has 5 aromatic rings. The highest BCUT2D eigenvalue weighted by Crippen LogP contribution is 2.31. The molecule has 0 saturated carbocycles. The Morgan fingerprint density at radius 3 is 2.51 bits per heavy atom. The van der Waals surface area contributed by atoms with Gasteiger partial charge in [-0.1, -0.05) is 11.6 Å². The molecule has 45 heavy (non-hydrogen) atoms. The first-order chi connectivity index (χ1) is 21.9. The molecule has 1 aliphatic rings. The number of morpholine rings is 1. The fourth-order valence-corrected chi connectivity index (χ4v) is 6.17. The molecule has 0 spiro atoms. The third-order valence-electron chi connectivity index (χ3n) is 7.42. The van der Waals surface area contributed by atoms with Crippen LogP contribution in [0.3, 0.4) is 0 Å². The predicted octanol–water partition coefficient (Wildman–Crippen LogP) is 5.87. The summed E-state index contributed by atoms with van der Waals surface area (Å²) in [5.41, 5.74) is 4.74. The van der Waals surface area contributed by atoms with Crippen LogP contribution in [0.15, 0.2) is 85.3 Å². The summed E-state index contributed by atoms with van der Waals surface area (Å²) in [7, 11) is 3.19. The lowest BCUT2D eigenvalue weighted by atomic mass is 10.1. The van der Waals surface area contributed by atoms with E-state index in [9.17, 15) is 9.59 Å². The molecule has 1 fully saturated rings. The molecule has 2 amide bonds. The average Bonchev–Trinajstić information content (AvgIpc) is 3.71. The van der Waals surface area contributed by atoms with Gasteiger partial charge in [-0.2, -0.15) is 5.10 Å². The highest BCUT2D eigenvalue weighted by Gasteiger charge is 2.24. The van der Waals surface area contributed by atoms with Gasteiger partial charge in [-0.25, -0.2) is 4.68 Å². The number of carbonyl (C=O) groups excluding carboxylic acids is 2. The number of benzene rings is 2. The van der Waals surface area contributed by atoms with Gasteiger partial charge in [-0.3, -0.25) is 14.6 Å². The molecular formula is C33H30ClN5O5S. The van der Waals surface area contributed by atoms with Crippen LogP contribution < -0.4 is 14.4 Å². The Morgan fingerprint density at radius 1 is 1.02 bits per heavy atom. The first-order valence-electron chi connectivity index (χ1n) is 14.2. The Balaban J connectivity index is 1.37. The minimum atomic E-state index is -0.172. The van der Waals surface area contributed by atoms with Crippen LogP contribution in [-0.4, -0.2) is 65.5 Å². The fourth-order valence-electron chi connectivity index (χ4n) is 5.16. The molecule has 10 nitrogen and oxygen atoms in total. The second-order valence-electron chi connectivity index (χ2n) is 10.2. The van der Waals surface area contributed by atoms with Crippen LogP contribution in [0.2, 0.25) is 4.34 Å². The number of rotatable bonds is 10. The van der Waals surface area contributed by atoms with E-state index in [-0.39, 0.29) is 31.5 Å². The van der Waals surface area contributed by atoms with Crippen molar-refractivity contribution in [3.8, 4) is 28.4 Å². The number of aromatic nitrogens is 3. The zero-order valence-electron chi connectivity index (χ0n) is 24.7. The van der Waals surface area contributed by atoms with E-state index in [2.05, 4.69) is 4.98 Å². The normalized spacial score (nSPS) is 13.1. The fraction of sp³-hybridized carbons (Fsp3) is 0.212. The number of hydrogen-bond donors (Lipinski definition) is 0. The van der Waals surface area contributed by atoms with Gasteiger partial charge >= 0.3 is 0 Å². The van der Waals surface area contributed by atoms with Crippen molar-refractivity contribution in [3.63, 3.8) is 0 Å². The molecule has 230 valence electrons. The van der Waals surface area contributed by atoms with Gasteiger partial charge in [0.05, 0.1) is 54.5 Å². The molecule has 0 aliphatic carbocycles. The lowest BCUT2D eigenvalue weighted by Gasteiger charge is -2.26. The molecule has 6 rings (SSSR count). The molecule has 3 aromatic heterocycles. The van der Waals surface area contributed by atoms with Crippen molar-refractivity contribution in [1.82, 2.24) is 19.7 Å². The third-order valence-corrected chi connectivity index (χ3v) is 8.64. The van der Waals surface area contributed by atoms with Crippen molar-refractivity contribution in [2.75, 3.05) is 38.9 Å². The minimum Gasteiger partial charge on any atom is -0.497 e. The second kappa shape index (κ2) is 13.5. The maximum Gasteiger partial charge on any atom is 0.264 e. The Hall–Kier alpha value is -4.71. The van der Waals surface area contributed by atoms with Gasteiger partial charge in [0.25, 0.3) is 11.8 Å². The Bertz CT molecular complexity index is 1810. The summed E-state index contributed by atoms with van der Waals surface area (Å²) in [6, 6.07) is 20.4. The number of anilines is 1. The zero-order valence-corrected chi connectivity index (χ0v) is 26.3. The summed E-state index contributed by atoms with van der Waals surface area (Å²) >= 11 is 7.45. The molecule has 0 N–H and O–H groups in total. The topological polar surface area (TPSA) is 99.0 Å². The van der Waals surface area contributed by atoms with Gasteiger partial charge in [0.15, 0.2) is 0 Å². The number of thiophene rings is 1. The quantitative estimate of drug-likeness (QED) is 0.188. The van der Waals surface area contributed by atoms with E-state index in [1.165, 1.54) is 11.3 Å². The average molecular weight is 644 g/mol. The van der Waals surface area contributed by atoms with Crippen molar-refractivity contribution in [3.05, 3.63) is 106 Å². The first-order valence-corrected chi connectivity index (χ1v) is 15.4. The van der Waals surface area contributed by atoms with E-state index in [1.54, 1.807) is 59.3 Å². The molecule has 2 aromatic carbocycles. The smallest absolute Gasteiger partial charge is 0.264 e. The maximum atomic E-state index is 14.0. The van der Waals surface area contributed by atoms with Crippen molar-refractivity contribution in [2.24, 2.45) is 0 Å². The number of hydrogen-bond acceptors (Lipinski definition) is 8. The first kappa shape index (κ1) is 30.3. The van der Waals surface area contributed by atoms with Crippen LogP contribution in [0.25, 0.3) is 16.9 Å². The summed E-state index contributed by atoms with van der Waals surface area (Å²) in [6.07, 6.45) is 5.38. The monoisotopic (exact) mass is 643 g/mol. The summed E-state index contributed by atoms with van der Waals surface area (Å²) in [5.74, 6) is 1.02. The molecule has 0 radical (unpaired) electrons. The van der Waals surface area contributed by atoms with Gasteiger partial charge in [0.2, 0.25) is 0 Å². The van der Waals surface area contributed by atoms with Crippen LogP contribution in [0.5, 0.6) is 11.5 Å². The molecular weight excluding hydrogens is 614 g/mol. The number of ether oxygens (including phenoxy) is 3. The van der Waals surface area contributed by atoms with Gasteiger partial charge in [-0.15, -0.1) is 11.3 Å². The van der Waals surface area contributed by atoms with Crippen LogP contribution >= 0.6 is 22.9 Å². The highest BCUT2D eigenvalue weighted by atomic mass is 35.5. The van der Waals surface area contributed by atoms with Crippen LogP contribution in [0, 0.1) is 0 Å². The largest absolute Gasteiger partial charge is 0.497 e. The molecule has 0 bridgehead atoms. The molecule has 1 aliphatic heterocycles. The number of halogens is 1. The molecule has 0 unspecified atom stereocenters. The molecule has 4 heterocycles. The van der Waals surface area contributed by atoms with E-state index >= 15 is 0 Å². The summed E-state index contributed by atoms with van der Waals surface area (Å²) < 4.78 is 18.6. The lowest BCUT2D eigenvalue weighted by Crippen LogP contribution is -2.41. The van der Waals surface area contributed by atoms with E-state index in [0.29, 0.717) is 39.6 Å².